The van der Waals surface area contributed by atoms with Crippen molar-refractivity contribution in [3.63, 3.8) is 0 Å². The van der Waals surface area contributed by atoms with Gasteiger partial charge in [0.1, 0.15) is 5.00 Å². The Labute approximate surface area is 129 Å². The molecule has 6 nitrogen and oxygen atoms in total. The van der Waals surface area contributed by atoms with Gasteiger partial charge in [0.25, 0.3) is 0 Å². The first kappa shape index (κ1) is 16.3. The van der Waals surface area contributed by atoms with Crippen LogP contribution in [0.25, 0.3) is 0 Å². The van der Waals surface area contributed by atoms with E-state index in [2.05, 4.69) is 4.72 Å². The monoisotopic (exact) mass is 332 g/mol. The highest BCUT2D eigenvalue weighted by molar-refractivity contribution is 7.90. The maximum atomic E-state index is 12.3. The zero-order valence-electron chi connectivity index (χ0n) is 12.3. The lowest BCUT2D eigenvalue weighted by Gasteiger charge is -2.21. The number of aryl methyl sites for hydroxylation is 1. The Morgan fingerprint density at radius 3 is 2.52 bits per heavy atom. The lowest BCUT2D eigenvalue weighted by Crippen LogP contribution is -2.37. The van der Waals surface area contributed by atoms with Crippen LogP contribution >= 0.6 is 11.3 Å². The molecule has 1 aliphatic rings. The topological polar surface area (TPSA) is 86.7 Å². The van der Waals surface area contributed by atoms with Crippen LogP contribution in [0.1, 0.15) is 47.5 Å². The van der Waals surface area contributed by atoms with Crippen molar-refractivity contribution in [2.75, 3.05) is 11.8 Å². The van der Waals surface area contributed by atoms with Crippen molar-refractivity contribution in [3.8, 4) is 0 Å². The van der Waals surface area contributed by atoms with Crippen LogP contribution in [0.2, 0.25) is 0 Å². The summed E-state index contributed by atoms with van der Waals surface area (Å²) in [6.45, 7) is 3.52. The Balaban J connectivity index is 2.41. The zero-order chi connectivity index (χ0) is 15.8. The highest BCUT2D eigenvalue weighted by atomic mass is 32.2. The number of carbonyl (C=O) groups is 1. The van der Waals surface area contributed by atoms with Crippen LogP contribution in [0.15, 0.2) is 0 Å². The quantitative estimate of drug-likeness (QED) is 0.866. The molecule has 2 rings (SSSR count). The number of thiophene rings is 1. The molecular weight excluding hydrogens is 312 g/mol. The average molecular weight is 332 g/mol. The van der Waals surface area contributed by atoms with Gasteiger partial charge in [-0.3, -0.25) is 4.72 Å². The molecule has 0 saturated heterocycles. The number of carboxylic acids is 1. The van der Waals surface area contributed by atoms with E-state index in [9.17, 15) is 18.3 Å². The van der Waals surface area contributed by atoms with Crippen LogP contribution < -0.4 is 4.72 Å². The molecule has 1 aromatic heterocycles. The van der Waals surface area contributed by atoms with Gasteiger partial charge in [-0.1, -0.05) is 0 Å². The van der Waals surface area contributed by atoms with Crippen LogP contribution in [0, 0.1) is 0 Å². The molecule has 0 unspecified atom stereocenters. The maximum absolute atomic E-state index is 12.3. The molecule has 0 amide bonds. The second-order valence-corrected chi connectivity index (χ2v) is 8.27. The number of hydrogen-bond donors (Lipinski definition) is 2. The van der Waals surface area contributed by atoms with Crippen molar-refractivity contribution in [2.24, 2.45) is 0 Å². The predicted octanol–water partition coefficient (Wildman–Crippen LogP) is 2.32. The molecule has 0 aliphatic heterocycles. The summed E-state index contributed by atoms with van der Waals surface area (Å²) in [5.41, 5.74) is 0.916. The van der Waals surface area contributed by atoms with Gasteiger partial charge in [0.05, 0.1) is 5.56 Å². The van der Waals surface area contributed by atoms with Gasteiger partial charge in [-0.2, -0.15) is 12.7 Å². The summed E-state index contributed by atoms with van der Waals surface area (Å²) >= 11 is 1.25. The molecule has 0 spiro atoms. The number of rotatable bonds is 5. The van der Waals surface area contributed by atoms with E-state index in [1.54, 1.807) is 13.8 Å². The second-order valence-electron chi connectivity index (χ2n) is 5.44. The highest BCUT2D eigenvalue weighted by Gasteiger charge is 2.29. The normalized spacial score (nSPS) is 15.3. The fourth-order valence-electron chi connectivity index (χ4n) is 2.33. The van der Waals surface area contributed by atoms with Gasteiger partial charge < -0.3 is 5.11 Å². The molecule has 0 radical (unpaired) electrons. The first-order valence-electron chi connectivity index (χ1n) is 6.87. The van der Waals surface area contributed by atoms with E-state index in [-0.39, 0.29) is 16.6 Å². The van der Waals surface area contributed by atoms with Crippen molar-refractivity contribution in [2.45, 2.75) is 45.6 Å². The second kappa shape index (κ2) is 5.94. The van der Waals surface area contributed by atoms with Gasteiger partial charge in [0.2, 0.25) is 0 Å². The first-order valence-corrected chi connectivity index (χ1v) is 9.13. The average Bonchev–Trinajstić information content (AvgIpc) is 2.74. The highest BCUT2D eigenvalue weighted by Crippen LogP contribution is 2.38. The third-order valence-corrected chi connectivity index (χ3v) is 6.69. The fourth-order valence-corrected chi connectivity index (χ4v) is 4.98. The molecule has 21 heavy (non-hydrogen) atoms. The molecule has 8 heteroatoms. The molecule has 1 aliphatic carbocycles. The van der Waals surface area contributed by atoms with E-state index in [0.717, 1.165) is 29.7 Å². The molecule has 0 aromatic carbocycles. The van der Waals surface area contributed by atoms with E-state index >= 15 is 0 Å². The van der Waals surface area contributed by atoms with Gasteiger partial charge in [-0.15, -0.1) is 11.3 Å². The number of nitrogens with one attached hydrogen (secondary N) is 1. The molecule has 0 fully saturated rings. The van der Waals surface area contributed by atoms with Crippen LogP contribution in [0.3, 0.4) is 0 Å². The van der Waals surface area contributed by atoms with E-state index in [4.69, 9.17) is 0 Å². The maximum Gasteiger partial charge on any atom is 0.339 e. The van der Waals surface area contributed by atoms with Crippen LogP contribution in [0.5, 0.6) is 0 Å². The Morgan fingerprint density at radius 1 is 1.33 bits per heavy atom. The summed E-state index contributed by atoms with van der Waals surface area (Å²) in [7, 11) is -2.26. The SMILES string of the molecule is CC(C)N(C)S(=O)(=O)Nc1sc2c(c1C(=O)O)CCCC2. The third kappa shape index (κ3) is 3.22. The van der Waals surface area contributed by atoms with E-state index in [0.29, 0.717) is 6.42 Å². The van der Waals surface area contributed by atoms with Crippen molar-refractivity contribution in [1.82, 2.24) is 4.31 Å². The predicted molar refractivity (Wildman–Crippen MR) is 83.4 cm³/mol. The standard InChI is InChI=1S/C13H20N2O4S2/c1-8(2)15(3)21(18,19)14-12-11(13(16)17)9-6-4-5-7-10(9)20-12/h8,14H,4-7H2,1-3H3,(H,16,17). The van der Waals surface area contributed by atoms with Gasteiger partial charge >= 0.3 is 16.2 Å². The van der Waals surface area contributed by atoms with Crippen molar-refractivity contribution < 1.29 is 18.3 Å². The Hall–Kier alpha value is -1.12. The molecule has 2 N–H and O–H groups in total. The molecular formula is C13H20N2O4S2. The number of fused-ring (bicyclic) bond motifs is 1. The fraction of sp³-hybridized carbons (Fsp3) is 0.615. The number of aromatic carboxylic acids is 1. The van der Waals surface area contributed by atoms with Crippen LogP contribution in [-0.2, 0) is 23.1 Å². The van der Waals surface area contributed by atoms with Crippen LogP contribution in [0.4, 0.5) is 5.00 Å². The number of carboxylic acid groups (broad SMARTS) is 1. The largest absolute Gasteiger partial charge is 0.478 e. The summed E-state index contributed by atoms with van der Waals surface area (Å²) in [4.78, 5) is 12.5. The van der Waals surface area contributed by atoms with Gasteiger partial charge in [-0.05, 0) is 45.1 Å². The van der Waals surface area contributed by atoms with Gasteiger partial charge in [0.15, 0.2) is 0 Å². The summed E-state index contributed by atoms with van der Waals surface area (Å²) in [6, 6.07) is -0.203. The van der Waals surface area contributed by atoms with E-state index in [1.807, 2.05) is 0 Å². The summed E-state index contributed by atoms with van der Waals surface area (Å²) in [5.74, 6) is -1.07. The molecule has 118 valence electrons. The van der Waals surface area contributed by atoms with Crippen LogP contribution in [-0.4, -0.2) is 36.9 Å². The van der Waals surface area contributed by atoms with E-state index < -0.39 is 16.2 Å². The third-order valence-electron chi connectivity index (χ3n) is 3.71. The molecule has 0 saturated carbocycles. The van der Waals surface area contributed by atoms with Crippen molar-refractivity contribution in [3.05, 3.63) is 16.0 Å². The lowest BCUT2D eigenvalue weighted by molar-refractivity contribution is 0.0697. The van der Waals surface area contributed by atoms with Crippen molar-refractivity contribution in [1.29, 1.82) is 0 Å². The first-order chi connectivity index (χ1) is 9.74. The van der Waals surface area contributed by atoms with Gasteiger partial charge in [-0.25, -0.2) is 4.79 Å². The van der Waals surface area contributed by atoms with E-state index in [1.165, 1.54) is 22.7 Å². The van der Waals surface area contributed by atoms with Crippen molar-refractivity contribution >= 4 is 32.5 Å². The molecule has 0 atom stereocenters. The number of hydrogen-bond acceptors (Lipinski definition) is 4. The Kier molecular flexibility index (Phi) is 4.60. The number of nitrogens with zero attached hydrogens (tertiary/aromatic N) is 1. The Bertz CT molecular complexity index is 649. The molecule has 1 heterocycles. The van der Waals surface area contributed by atoms with Gasteiger partial charge in [0, 0.05) is 18.0 Å². The summed E-state index contributed by atoms with van der Waals surface area (Å²) in [5, 5.41) is 9.64. The smallest absolute Gasteiger partial charge is 0.339 e. The lowest BCUT2D eigenvalue weighted by atomic mass is 9.96. The number of anilines is 1. The molecule has 0 bridgehead atoms. The minimum Gasteiger partial charge on any atom is -0.478 e. The minimum atomic E-state index is -3.74. The minimum absolute atomic E-state index is 0.121. The summed E-state index contributed by atoms with van der Waals surface area (Å²) < 4.78 is 28.1. The zero-order valence-corrected chi connectivity index (χ0v) is 14.0. The Morgan fingerprint density at radius 2 is 1.95 bits per heavy atom. The molecule has 1 aromatic rings. The summed E-state index contributed by atoms with van der Waals surface area (Å²) in [6.07, 6.45) is 3.49.